The predicted molar refractivity (Wildman–Crippen MR) is 51.7 cm³/mol. The Morgan fingerprint density at radius 2 is 2.46 bits per heavy atom. The highest BCUT2D eigenvalue weighted by Gasteiger charge is 1.90. The lowest BCUT2D eigenvalue weighted by molar-refractivity contribution is 1.01. The third-order valence-corrected chi connectivity index (χ3v) is 1.53. The zero-order valence-electron chi connectivity index (χ0n) is 7.27. The summed E-state index contributed by atoms with van der Waals surface area (Å²) in [7, 11) is 0. The summed E-state index contributed by atoms with van der Waals surface area (Å²) in [6.07, 6.45) is 6.27. The fourth-order valence-corrected chi connectivity index (χ4v) is 0.909. The highest BCUT2D eigenvalue weighted by molar-refractivity contribution is 5.47. The van der Waals surface area contributed by atoms with Crippen LogP contribution in [0.25, 0.3) is 6.08 Å². The average molecular weight is 173 g/mol. The molecule has 0 amide bonds. The van der Waals surface area contributed by atoms with Crippen molar-refractivity contribution in [3.63, 3.8) is 0 Å². The van der Waals surface area contributed by atoms with Gasteiger partial charge in [0.25, 0.3) is 0 Å². The highest BCUT2D eigenvalue weighted by atomic mass is 14.7. The first-order valence-corrected chi connectivity index (χ1v) is 4.09. The summed E-state index contributed by atoms with van der Waals surface area (Å²) in [5.41, 5.74) is 6.75. The van der Waals surface area contributed by atoms with E-state index in [1.807, 2.05) is 12.2 Å². The normalized spacial score (nSPS) is 10.2. The molecule has 3 heteroatoms. The SMILES string of the molecule is N#Cc1ccnc(/C=C/CCN)c1. The molecule has 1 aromatic rings. The van der Waals surface area contributed by atoms with Crippen LogP contribution in [0.4, 0.5) is 0 Å². The zero-order valence-corrected chi connectivity index (χ0v) is 7.27. The topological polar surface area (TPSA) is 62.7 Å². The van der Waals surface area contributed by atoms with Gasteiger partial charge in [-0.3, -0.25) is 4.98 Å². The Bertz CT molecular complexity index is 336. The fourth-order valence-electron chi connectivity index (χ4n) is 0.909. The van der Waals surface area contributed by atoms with Crippen molar-refractivity contribution < 1.29 is 0 Å². The van der Waals surface area contributed by atoms with Gasteiger partial charge in [-0.2, -0.15) is 5.26 Å². The van der Waals surface area contributed by atoms with Crippen LogP contribution in [0.5, 0.6) is 0 Å². The largest absolute Gasteiger partial charge is 0.330 e. The van der Waals surface area contributed by atoms with E-state index in [0.29, 0.717) is 12.1 Å². The Morgan fingerprint density at radius 3 is 3.15 bits per heavy atom. The summed E-state index contributed by atoms with van der Waals surface area (Å²) < 4.78 is 0. The van der Waals surface area contributed by atoms with Crippen molar-refractivity contribution in [3.05, 3.63) is 35.7 Å². The van der Waals surface area contributed by atoms with Crippen LogP contribution in [0.15, 0.2) is 24.4 Å². The van der Waals surface area contributed by atoms with E-state index >= 15 is 0 Å². The van der Waals surface area contributed by atoms with Gasteiger partial charge in [0, 0.05) is 6.20 Å². The molecule has 1 aromatic heterocycles. The molecule has 0 fully saturated rings. The molecule has 0 unspecified atom stereocenters. The Balaban J connectivity index is 2.73. The summed E-state index contributed by atoms with van der Waals surface area (Å²) in [6, 6.07) is 5.48. The van der Waals surface area contributed by atoms with Crippen LogP contribution in [0.1, 0.15) is 17.7 Å². The first kappa shape index (κ1) is 9.43. The molecule has 3 nitrogen and oxygen atoms in total. The van der Waals surface area contributed by atoms with Crippen molar-refractivity contribution in [2.24, 2.45) is 5.73 Å². The maximum absolute atomic E-state index is 8.61. The van der Waals surface area contributed by atoms with E-state index in [-0.39, 0.29) is 0 Å². The lowest BCUT2D eigenvalue weighted by Crippen LogP contribution is -1.95. The van der Waals surface area contributed by atoms with Gasteiger partial charge in [-0.1, -0.05) is 6.08 Å². The van der Waals surface area contributed by atoms with Gasteiger partial charge in [-0.25, -0.2) is 0 Å². The molecule has 0 saturated carbocycles. The van der Waals surface area contributed by atoms with Gasteiger partial charge in [-0.15, -0.1) is 0 Å². The van der Waals surface area contributed by atoms with E-state index < -0.39 is 0 Å². The molecular formula is C10H11N3. The summed E-state index contributed by atoms with van der Waals surface area (Å²) in [5, 5.41) is 8.61. The van der Waals surface area contributed by atoms with Gasteiger partial charge in [0.15, 0.2) is 0 Å². The number of nitrogens with two attached hydrogens (primary N) is 1. The molecule has 0 aromatic carbocycles. The molecule has 0 bridgehead atoms. The Labute approximate surface area is 77.5 Å². The molecule has 13 heavy (non-hydrogen) atoms. The minimum absolute atomic E-state index is 0.627. The highest BCUT2D eigenvalue weighted by Crippen LogP contribution is 2.02. The molecule has 66 valence electrons. The van der Waals surface area contributed by atoms with Crippen molar-refractivity contribution in [1.82, 2.24) is 4.98 Å². The monoisotopic (exact) mass is 173 g/mol. The second-order valence-electron chi connectivity index (χ2n) is 2.56. The van der Waals surface area contributed by atoms with Gasteiger partial charge in [0.2, 0.25) is 0 Å². The molecule has 0 aliphatic heterocycles. The minimum Gasteiger partial charge on any atom is -0.330 e. The number of nitriles is 1. The lowest BCUT2D eigenvalue weighted by Gasteiger charge is -1.92. The van der Waals surface area contributed by atoms with Crippen LogP contribution >= 0.6 is 0 Å². The summed E-state index contributed by atoms with van der Waals surface area (Å²) in [6.45, 7) is 0.633. The smallest absolute Gasteiger partial charge is 0.0992 e. The summed E-state index contributed by atoms with van der Waals surface area (Å²) in [4.78, 5) is 4.08. The second-order valence-corrected chi connectivity index (χ2v) is 2.56. The van der Waals surface area contributed by atoms with Crippen LogP contribution in [0, 0.1) is 11.3 Å². The van der Waals surface area contributed by atoms with Crippen LogP contribution in [-0.2, 0) is 0 Å². The number of aromatic nitrogens is 1. The number of rotatable bonds is 3. The lowest BCUT2D eigenvalue weighted by atomic mass is 10.2. The predicted octanol–water partition coefficient (Wildman–Crippen LogP) is 1.32. The third-order valence-electron chi connectivity index (χ3n) is 1.53. The molecule has 1 heterocycles. The van der Waals surface area contributed by atoms with Gasteiger partial charge < -0.3 is 5.73 Å². The first-order valence-electron chi connectivity index (χ1n) is 4.09. The summed E-state index contributed by atoms with van der Waals surface area (Å²) >= 11 is 0. The molecule has 0 radical (unpaired) electrons. The van der Waals surface area contributed by atoms with Crippen molar-refractivity contribution in [1.29, 1.82) is 5.26 Å². The third kappa shape index (κ3) is 3.06. The fraction of sp³-hybridized carbons (Fsp3) is 0.200. The standard InChI is InChI=1S/C10H11N3/c11-5-2-1-3-10-7-9(8-12)4-6-13-10/h1,3-4,6-7H,2,5,11H2/b3-1+. The average Bonchev–Trinajstić information content (AvgIpc) is 2.19. The number of hydrogen-bond acceptors (Lipinski definition) is 3. The van der Waals surface area contributed by atoms with E-state index in [4.69, 9.17) is 11.0 Å². The van der Waals surface area contributed by atoms with Crippen molar-refractivity contribution in [2.45, 2.75) is 6.42 Å². The van der Waals surface area contributed by atoms with Gasteiger partial charge >= 0.3 is 0 Å². The molecule has 0 aliphatic rings. The second kappa shape index (κ2) is 5.07. The van der Waals surface area contributed by atoms with E-state index in [0.717, 1.165) is 12.1 Å². The van der Waals surface area contributed by atoms with E-state index in [1.165, 1.54) is 0 Å². The maximum Gasteiger partial charge on any atom is 0.0992 e. The van der Waals surface area contributed by atoms with Gasteiger partial charge in [0.1, 0.15) is 0 Å². The molecule has 0 spiro atoms. The first-order chi connectivity index (χ1) is 6.36. The van der Waals surface area contributed by atoms with Crippen LogP contribution in [-0.4, -0.2) is 11.5 Å². The van der Waals surface area contributed by atoms with E-state index in [9.17, 15) is 0 Å². The molecular weight excluding hydrogens is 162 g/mol. The van der Waals surface area contributed by atoms with E-state index in [1.54, 1.807) is 18.3 Å². The van der Waals surface area contributed by atoms with Gasteiger partial charge in [-0.05, 0) is 31.2 Å². The number of nitrogens with zero attached hydrogens (tertiary/aromatic N) is 2. The van der Waals surface area contributed by atoms with E-state index in [2.05, 4.69) is 11.1 Å². The molecule has 0 saturated heterocycles. The van der Waals surface area contributed by atoms with Crippen LogP contribution in [0.3, 0.4) is 0 Å². The van der Waals surface area contributed by atoms with Crippen molar-refractivity contribution in [3.8, 4) is 6.07 Å². The van der Waals surface area contributed by atoms with Crippen molar-refractivity contribution >= 4 is 6.08 Å². The summed E-state index contributed by atoms with van der Waals surface area (Å²) in [5.74, 6) is 0. The molecule has 0 aliphatic carbocycles. The molecule has 1 rings (SSSR count). The zero-order chi connectivity index (χ0) is 9.52. The number of pyridine rings is 1. The Hall–Kier alpha value is -1.66. The number of hydrogen-bond donors (Lipinski definition) is 1. The molecule has 0 atom stereocenters. The molecule has 2 N–H and O–H groups in total. The Morgan fingerprint density at radius 1 is 1.62 bits per heavy atom. The van der Waals surface area contributed by atoms with Crippen molar-refractivity contribution in [2.75, 3.05) is 6.54 Å². The quantitative estimate of drug-likeness (QED) is 0.749. The van der Waals surface area contributed by atoms with Gasteiger partial charge in [0.05, 0.1) is 17.3 Å². The minimum atomic E-state index is 0.627. The van der Waals surface area contributed by atoms with Crippen LogP contribution < -0.4 is 5.73 Å². The van der Waals surface area contributed by atoms with Crippen LogP contribution in [0.2, 0.25) is 0 Å². The Kier molecular flexibility index (Phi) is 3.68. The maximum atomic E-state index is 8.61.